The molecule has 1 aromatic rings. The maximum absolute atomic E-state index is 9.92. The molecule has 3 rings (SSSR count). The number of fused-ring (bicyclic) bond motifs is 1. The Labute approximate surface area is 97.3 Å². The van der Waals surface area contributed by atoms with Crippen molar-refractivity contribution in [3.8, 4) is 0 Å². The summed E-state index contributed by atoms with van der Waals surface area (Å²) in [7, 11) is 0. The summed E-state index contributed by atoms with van der Waals surface area (Å²) in [5.74, 6) is 0.881. The molecule has 1 unspecified atom stereocenters. The van der Waals surface area contributed by atoms with Crippen LogP contribution < -0.4 is 0 Å². The molecular weight excluding hydrogens is 198 g/mol. The summed E-state index contributed by atoms with van der Waals surface area (Å²) in [6, 6.07) is 0. The number of rotatable bonds is 2. The minimum Gasteiger partial charge on any atom is -0.388 e. The lowest BCUT2D eigenvalue weighted by Gasteiger charge is -2.16. The fourth-order valence-electron chi connectivity index (χ4n) is 3.32. The highest BCUT2D eigenvalue weighted by Crippen LogP contribution is 2.32. The van der Waals surface area contributed by atoms with E-state index in [9.17, 15) is 5.11 Å². The van der Waals surface area contributed by atoms with E-state index in [1.54, 1.807) is 0 Å². The molecule has 1 atom stereocenters. The highest BCUT2D eigenvalue weighted by molar-refractivity contribution is 5.29. The summed E-state index contributed by atoms with van der Waals surface area (Å²) in [5, 5.41) is 9.92. The fourth-order valence-corrected chi connectivity index (χ4v) is 3.32. The van der Waals surface area contributed by atoms with Gasteiger partial charge in [-0.3, -0.25) is 0 Å². The highest BCUT2D eigenvalue weighted by atomic mass is 16.3. The van der Waals surface area contributed by atoms with E-state index >= 15 is 0 Å². The number of hydrogen-bond acceptors (Lipinski definition) is 1. The van der Waals surface area contributed by atoms with Crippen LogP contribution in [-0.4, -0.2) is 9.67 Å². The van der Waals surface area contributed by atoms with Crippen LogP contribution in [0, 0.1) is 5.92 Å². The number of aromatic nitrogens is 1. The van der Waals surface area contributed by atoms with Crippen molar-refractivity contribution in [1.82, 2.24) is 4.57 Å². The van der Waals surface area contributed by atoms with Gasteiger partial charge in [0.2, 0.25) is 0 Å². The summed E-state index contributed by atoms with van der Waals surface area (Å²) >= 11 is 0. The summed E-state index contributed by atoms with van der Waals surface area (Å²) in [6.45, 7) is 1.17. The molecule has 0 spiro atoms. The minimum absolute atomic E-state index is 0.200. The summed E-state index contributed by atoms with van der Waals surface area (Å²) in [4.78, 5) is 0. The number of aliphatic hydroxyl groups excluding tert-OH is 1. The first kappa shape index (κ1) is 10.4. The summed E-state index contributed by atoms with van der Waals surface area (Å²) in [5.41, 5.74) is 2.58. The molecule has 0 amide bonds. The monoisotopic (exact) mass is 219 g/mol. The van der Waals surface area contributed by atoms with Gasteiger partial charge in [0.1, 0.15) is 0 Å². The molecule has 88 valence electrons. The Balaban J connectivity index is 1.75. The van der Waals surface area contributed by atoms with Gasteiger partial charge in [0.25, 0.3) is 0 Å². The van der Waals surface area contributed by atoms with E-state index in [0.29, 0.717) is 0 Å². The van der Waals surface area contributed by atoms with Gasteiger partial charge in [-0.1, -0.05) is 12.8 Å². The molecule has 1 saturated carbocycles. The minimum atomic E-state index is -0.200. The average Bonchev–Trinajstić information content (AvgIpc) is 2.88. The van der Waals surface area contributed by atoms with Crippen molar-refractivity contribution in [2.45, 2.75) is 57.6 Å². The van der Waals surface area contributed by atoms with E-state index in [1.165, 1.54) is 43.4 Å². The summed E-state index contributed by atoms with van der Waals surface area (Å²) < 4.78 is 2.33. The van der Waals surface area contributed by atoms with E-state index < -0.39 is 0 Å². The second kappa shape index (κ2) is 4.25. The molecule has 0 bridgehead atoms. The number of hydrogen-bond donors (Lipinski definition) is 1. The third-order valence-electron chi connectivity index (χ3n) is 4.22. The van der Waals surface area contributed by atoms with Gasteiger partial charge < -0.3 is 9.67 Å². The molecule has 1 N–H and O–H groups in total. The van der Waals surface area contributed by atoms with E-state index in [0.717, 1.165) is 25.2 Å². The van der Waals surface area contributed by atoms with Crippen molar-refractivity contribution < 1.29 is 5.11 Å². The van der Waals surface area contributed by atoms with E-state index in [4.69, 9.17) is 0 Å². The molecule has 1 heterocycles. The predicted molar refractivity (Wildman–Crippen MR) is 64.3 cm³/mol. The maximum atomic E-state index is 9.92. The van der Waals surface area contributed by atoms with Gasteiger partial charge in [0.15, 0.2) is 0 Å². The Bertz CT molecular complexity index is 363. The average molecular weight is 219 g/mol. The quantitative estimate of drug-likeness (QED) is 0.812. The third kappa shape index (κ3) is 1.91. The van der Waals surface area contributed by atoms with Crippen molar-refractivity contribution >= 4 is 0 Å². The van der Waals surface area contributed by atoms with Crippen LogP contribution >= 0.6 is 0 Å². The Morgan fingerprint density at radius 2 is 1.94 bits per heavy atom. The molecule has 1 aromatic heterocycles. The molecule has 2 heteroatoms. The van der Waals surface area contributed by atoms with Crippen LogP contribution in [0.4, 0.5) is 0 Å². The van der Waals surface area contributed by atoms with Crippen molar-refractivity contribution in [1.29, 1.82) is 0 Å². The second-order valence-corrected chi connectivity index (χ2v) is 5.49. The Hall–Kier alpha value is -0.760. The lowest BCUT2D eigenvalue weighted by atomic mass is 9.93. The SMILES string of the molecule is OC1CCCc2cn(CC3CCCC3)cc21. The van der Waals surface area contributed by atoms with Gasteiger partial charge in [-0.25, -0.2) is 0 Å². The molecule has 0 aliphatic heterocycles. The first-order chi connectivity index (χ1) is 7.83. The predicted octanol–water partition coefficient (Wildman–Crippen LogP) is 3.05. The largest absolute Gasteiger partial charge is 0.388 e. The molecule has 1 fully saturated rings. The molecule has 0 saturated heterocycles. The Morgan fingerprint density at radius 1 is 1.12 bits per heavy atom. The van der Waals surface area contributed by atoms with Gasteiger partial charge in [-0.05, 0) is 43.6 Å². The van der Waals surface area contributed by atoms with Gasteiger partial charge in [-0.2, -0.15) is 0 Å². The number of aliphatic hydroxyl groups is 1. The van der Waals surface area contributed by atoms with Crippen LogP contribution in [0.5, 0.6) is 0 Å². The molecule has 0 aromatic carbocycles. The van der Waals surface area contributed by atoms with Crippen molar-refractivity contribution in [3.05, 3.63) is 23.5 Å². The first-order valence-corrected chi connectivity index (χ1v) is 6.69. The lowest BCUT2D eigenvalue weighted by Crippen LogP contribution is -2.06. The number of nitrogens with zero attached hydrogens (tertiary/aromatic N) is 1. The van der Waals surface area contributed by atoms with Crippen molar-refractivity contribution in [3.63, 3.8) is 0 Å². The lowest BCUT2D eigenvalue weighted by molar-refractivity contribution is 0.157. The zero-order valence-corrected chi connectivity index (χ0v) is 9.86. The fraction of sp³-hybridized carbons (Fsp3) is 0.714. The van der Waals surface area contributed by atoms with Gasteiger partial charge in [0.05, 0.1) is 6.10 Å². The standard InChI is InChI=1S/C14H21NO/c16-14-7-3-6-12-9-15(10-13(12)14)8-11-4-1-2-5-11/h9-11,14,16H,1-8H2. The zero-order valence-electron chi connectivity index (χ0n) is 9.86. The normalized spacial score (nSPS) is 25.9. The smallest absolute Gasteiger partial charge is 0.0807 e. The highest BCUT2D eigenvalue weighted by Gasteiger charge is 2.21. The Morgan fingerprint density at radius 3 is 2.69 bits per heavy atom. The molecule has 16 heavy (non-hydrogen) atoms. The van der Waals surface area contributed by atoms with Gasteiger partial charge in [-0.15, -0.1) is 0 Å². The third-order valence-corrected chi connectivity index (χ3v) is 4.22. The maximum Gasteiger partial charge on any atom is 0.0807 e. The van der Waals surface area contributed by atoms with Crippen LogP contribution in [0.25, 0.3) is 0 Å². The van der Waals surface area contributed by atoms with E-state index in [2.05, 4.69) is 17.0 Å². The topological polar surface area (TPSA) is 25.2 Å². The molecule has 0 radical (unpaired) electrons. The van der Waals surface area contributed by atoms with Crippen LogP contribution in [0.2, 0.25) is 0 Å². The van der Waals surface area contributed by atoms with E-state index in [-0.39, 0.29) is 6.10 Å². The van der Waals surface area contributed by atoms with Crippen LogP contribution in [0.15, 0.2) is 12.4 Å². The van der Waals surface area contributed by atoms with Crippen LogP contribution in [-0.2, 0) is 13.0 Å². The van der Waals surface area contributed by atoms with Gasteiger partial charge >= 0.3 is 0 Å². The van der Waals surface area contributed by atoms with E-state index in [1.807, 2.05) is 0 Å². The van der Waals surface area contributed by atoms with Crippen molar-refractivity contribution in [2.24, 2.45) is 5.92 Å². The van der Waals surface area contributed by atoms with Crippen LogP contribution in [0.1, 0.15) is 55.8 Å². The molecule has 2 aliphatic carbocycles. The number of aryl methyl sites for hydroxylation is 1. The van der Waals surface area contributed by atoms with Crippen LogP contribution in [0.3, 0.4) is 0 Å². The molecule has 2 nitrogen and oxygen atoms in total. The Kier molecular flexibility index (Phi) is 2.76. The summed E-state index contributed by atoms with van der Waals surface area (Å²) in [6.07, 6.45) is 13.1. The molecular formula is C14H21NO. The molecule has 2 aliphatic rings. The first-order valence-electron chi connectivity index (χ1n) is 6.69. The van der Waals surface area contributed by atoms with Crippen molar-refractivity contribution in [2.75, 3.05) is 0 Å². The second-order valence-electron chi connectivity index (χ2n) is 5.49. The zero-order chi connectivity index (χ0) is 11.0. The van der Waals surface area contributed by atoms with Gasteiger partial charge in [0, 0.05) is 24.5 Å².